The van der Waals surface area contributed by atoms with E-state index in [1.54, 1.807) is 11.3 Å². The summed E-state index contributed by atoms with van der Waals surface area (Å²) in [7, 11) is 0. The van der Waals surface area contributed by atoms with Gasteiger partial charge in [0.1, 0.15) is 11.6 Å². The van der Waals surface area contributed by atoms with E-state index < -0.39 is 11.6 Å². The molecule has 1 atom stereocenters. The second-order valence-corrected chi connectivity index (χ2v) is 6.43. The molecular formula is C15H16BrF2NS. The molecule has 2 rings (SSSR count). The number of halogens is 3. The molecule has 0 aliphatic rings. The molecule has 0 bridgehead atoms. The van der Waals surface area contributed by atoms with Crippen LogP contribution >= 0.6 is 27.3 Å². The van der Waals surface area contributed by atoms with Crippen molar-refractivity contribution in [3.8, 4) is 0 Å². The van der Waals surface area contributed by atoms with Crippen LogP contribution in [0.4, 0.5) is 8.78 Å². The summed E-state index contributed by atoms with van der Waals surface area (Å²) in [5, 5.41) is 5.21. The van der Waals surface area contributed by atoms with Gasteiger partial charge in [-0.25, -0.2) is 8.78 Å². The fourth-order valence-electron chi connectivity index (χ4n) is 2.09. The Balaban J connectivity index is 2.33. The van der Waals surface area contributed by atoms with Gasteiger partial charge < -0.3 is 5.32 Å². The fourth-order valence-corrected chi connectivity index (χ4v) is 3.18. The Morgan fingerprint density at radius 3 is 2.75 bits per heavy atom. The molecule has 0 saturated carbocycles. The van der Waals surface area contributed by atoms with Gasteiger partial charge in [-0.2, -0.15) is 0 Å². The van der Waals surface area contributed by atoms with Crippen LogP contribution in [0.5, 0.6) is 0 Å². The van der Waals surface area contributed by atoms with E-state index in [0.29, 0.717) is 10.9 Å². The standard InChI is InChI=1S/C15H16BrF2NS/c1-2-7-19-13(9-10-4-3-8-20-10)14-12(17)6-5-11(16)15(14)18/h3-6,8,13,19H,2,7,9H2,1H3. The molecule has 1 unspecified atom stereocenters. The molecule has 0 saturated heterocycles. The molecule has 1 heterocycles. The second kappa shape index (κ2) is 7.29. The maximum absolute atomic E-state index is 14.2. The fraction of sp³-hybridized carbons (Fsp3) is 0.333. The third kappa shape index (κ3) is 3.65. The van der Waals surface area contributed by atoms with Crippen LogP contribution in [0.2, 0.25) is 0 Å². The van der Waals surface area contributed by atoms with E-state index in [1.165, 1.54) is 12.1 Å². The normalized spacial score (nSPS) is 12.6. The Bertz CT molecular complexity index is 557. The summed E-state index contributed by atoms with van der Waals surface area (Å²) in [4.78, 5) is 1.11. The zero-order valence-corrected chi connectivity index (χ0v) is 13.5. The van der Waals surface area contributed by atoms with Crippen molar-refractivity contribution in [2.75, 3.05) is 6.54 Å². The second-order valence-electron chi connectivity index (χ2n) is 4.55. The third-order valence-corrected chi connectivity index (χ3v) is 4.57. The van der Waals surface area contributed by atoms with Crippen LogP contribution in [0, 0.1) is 11.6 Å². The summed E-state index contributed by atoms with van der Waals surface area (Å²) in [5.41, 5.74) is 0.112. The minimum Gasteiger partial charge on any atom is -0.309 e. The van der Waals surface area contributed by atoms with E-state index >= 15 is 0 Å². The molecule has 5 heteroatoms. The molecule has 108 valence electrons. The number of nitrogens with one attached hydrogen (secondary N) is 1. The molecule has 1 aromatic heterocycles. The first-order chi connectivity index (χ1) is 9.63. The first-order valence-electron chi connectivity index (χ1n) is 6.52. The summed E-state index contributed by atoms with van der Waals surface area (Å²) in [6.07, 6.45) is 1.50. The van der Waals surface area contributed by atoms with Gasteiger partial charge in [-0.1, -0.05) is 13.0 Å². The highest BCUT2D eigenvalue weighted by Crippen LogP contribution is 2.29. The maximum atomic E-state index is 14.2. The average Bonchev–Trinajstić information content (AvgIpc) is 2.93. The molecule has 1 aromatic carbocycles. The van der Waals surface area contributed by atoms with Crippen molar-refractivity contribution in [3.05, 3.63) is 56.2 Å². The van der Waals surface area contributed by atoms with E-state index in [-0.39, 0.29) is 11.6 Å². The first-order valence-corrected chi connectivity index (χ1v) is 8.20. The predicted octanol–water partition coefficient (Wildman–Crippen LogP) is 5.07. The molecule has 1 N–H and O–H groups in total. The van der Waals surface area contributed by atoms with E-state index in [9.17, 15) is 8.78 Å². The van der Waals surface area contributed by atoms with Crippen molar-refractivity contribution in [1.82, 2.24) is 5.32 Å². The Kier molecular flexibility index (Phi) is 5.69. The number of hydrogen-bond acceptors (Lipinski definition) is 2. The summed E-state index contributed by atoms with van der Waals surface area (Å²) in [6, 6.07) is 6.28. The van der Waals surface area contributed by atoms with E-state index in [1.807, 2.05) is 24.4 Å². The zero-order chi connectivity index (χ0) is 14.5. The first kappa shape index (κ1) is 15.6. The van der Waals surface area contributed by atoms with Crippen LogP contribution in [0.25, 0.3) is 0 Å². The van der Waals surface area contributed by atoms with Crippen LogP contribution in [0.15, 0.2) is 34.1 Å². The molecule has 1 nitrogen and oxygen atoms in total. The highest BCUT2D eigenvalue weighted by atomic mass is 79.9. The van der Waals surface area contributed by atoms with Crippen LogP contribution in [0.1, 0.15) is 29.8 Å². The molecular weight excluding hydrogens is 344 g/mol. The monoisotopic (exact) mass is 359 g/mol. The van der Waals surface area contributed by atoms with Crippen molar-refractivity contribution in [2.24, 2.45) is 0 Å². The lowest BCUT2D eigenvalue weighted by Crippen LogP contribution is -2.26. The molecule has 0 radical (unpaired) electrons. The molecule has 0 amide bonds. The van der Waals surface area contributed by atoms with Crippen LogP contribution in [0.3, 0.4) is 0 Å². The SMILES string of the molecule is CCCNC(Cc1cccs1)c1c(F)ccc(Br)c1F. The maximum Gasteiger partial charge on any atom is 0.145 e. The molecule has 0 fully saturated rings. The number of thiophene rings is 1. The number of hydrogen-bond donors (Lipinski definition) is 1. The van der Waals surface area contributed by atoms with Gasteiger partial charge in [0, 0.05) is 22.9 Å². The summed E-state index contributed by atoms with van der Waals surface area (Å²) >= 11 is 4.73. The van der Waals surface area contributed by atoms with Gasteiger partial charge in [-0.3, -0.25) is 0 Å². The minimum absolute atomic E-state index is 0.112. The Morgan fingerprint density at radius 2 is 2.10 bits per heavy atom. The van der Waals surface area contributed by atoms with Gasteiger partial charge in [0.15, 0.2) is 0 Å². The van der Waals surface area contributed by atoms with Gasteiger partial charge in [-0.05, 0) is 52.5 Å². The van der Waals surface area contributed by atoms with Crippen LogP contribution in [-0.2, 0) is 6.42 Å². The Hall–Kier alpha value is -0.780. The molecule has 2 aromatic rings. The summed E-state index contributed by atoms with van der Waals surface area (Å²) < 4.78 is 28.6. The zero-order valence-electron chi connectivity index (χ0n) is 11.1. The lowest BCUT2D eigenvalue weighted by Gasteiger charge is -2.20. The lowest BCUT2D eigenvalue weighted by molar-refractivity contribution is 0.464. The van der Waals surface area contributed by atoms with Gasteiger partial charge in [0.2, 0.25) is 0 Å². The average molecular weight is 360 g/mol. The number of rotatable bonds is 6. The van der Waals surface area contributed by atoms with Crippen LogP contribution < -0.4 is 5.32 Å². The highest BCUT2D eigenvalue weighted by Gasteiger charge is 2.22. The third-order valence-electron chi connectivity index (χ3n) is 3.05. The van der Waals surface area contributed by atoms with Gasteiger partial charge in [0.05, 0.1) is 4.47 Å². The number of benzene rings is 1. The highest BCUT2D eigenvalue weighted by molar-refractivity contribution is 9.10. The predicted molar refractivity (Wildman–Crippen MR) is 83.1 cm³/mol. The quantitative estimate of drug-likeness (QED) is 0.709. The molecule has 20 heavy (non-hydrogen) atoms. The van der Waals surface area contributed by atoms with E-state index in [0.717, 1.165) is 17.8 Å². The summed E-state index contributed by atoms with van der Waals surface area (Å²) in [6.45, 7) is 2.75. The molecule has 0 aliphatic heterocycles. The van der Waals surface area contributed by atoms with Gasteiger partial charge in [0.25, 0.3) is 0 Å². The van der Waals surface area contributed by atoms with Crippen molar-refractivity contribution >= 4 is 27.3 Å². The van der Waals surface area contributed by atoms with Gasteiger partial charge in [-0.15, -0.1) is 11.3 Å². The van der Waals surface area contributed by atoms with E-state index in [4.69, 9.17) is 0 Å². The Morgan fingerprint density at radius 1 is 1.30 bits per heavy atom. The topological polar surface area (TPSA) is 12.0 Å². The largest absolute Gasteiger partial charge is 0.309 e. The molecule has 0 aliphatic carbocycles. The summed E-state index contributed by atoms with van der Waals surface area (Å²) in [5.74, 6) is -1.02. The van der Waals surface area contributed by atoms with Gasteiger partial charge >= 0.3 is 0 Å². The minimum atomic E-state index is -0.518. The van der Waals surface area contributed by atoms with Crippen molar-refractivity contribution in [3.63, 3.8) is 0 Å². The molecule has 0 spiro atoms. The lowest BCUT2D eigenvalue weighted by atomic mass is 10.0. The smallest absolute Gasteiger partial charge is 0.145 e. The van der Waals surface area contributed by atoms with Crippen LogP contribution in [-0.4, -0.2) is 6.54 Å². The van der Waals surface area contributed by atoms with E-state index in [2.05, 4.69) is 21.2 Å². The van der Waals surface area contributed by atoms with Crippen molar-refractivity contribution < 1.29 is 8.78 Å². The van der Waals surface area contributed by atoms with Crippen molar-refractivity contribution in [1.29, 1.82) is 0 Å². The van der Waals surface area contributed by atoms with Crippen molar-refractivity contribution in [2.45, 2.75) is 25.8 Å². The Labute approximate surface area is 130 Å².